The van der Waals surface area contributed by atoms with E-state index in [-0.39, 0.29) is 11.9 Å². The van der Waals surface area contributed by atoms with Crippen LogP contribution in [0, 0.1) is 5.82 Å². The summed E-state index contributed by atoms with van der Waals surface area (Å²) in [6, 6.07) is 4.98. The second kappa shape index (κ2) is 7.20. The third kappa shape index (κ3) is 3.93. The van der Waals surface area contributed by atoms with Crippen LogP contribution in [0.4, 0.5) is 4.39 Å². The first kappa shape index (κ1) is 14.8. The fourth-order valence-corrected chi connectivity index (χ4v) is 2.98. The maximum Gasteiger partial charge on any atom is 0.124 e. The molecule has 0 aliphatic carbocycles. The zero-order valence-electron chi connectivity index (χ0n) is 12.3. The van der Waals surface area contributed by atoms with Gasteiger partial charge in [0, 0.05) is 31.1 Å². The van der Waals surface area contributed by atoms with E-state index < -0.39 is 0 Å². The van der Waals surface area contributed by atoms with E-state index in [1.165, 1.54) is 6.07 Å². The number of morpholine rings is 1. The number of hydrogen-bond acceptors (Lipinski definition) is 4. The van der Waals surface area contributed by atoms with Crippen LogP contribution in [0.2, 0.25) is 0 Å². The van der Waals surface area contributed by atoms with Gasteiger partial charge in [-0.15, -0.1) is 0 Å². The Labute approximate surface area is 125 Å². The van der Waals surface area contributed by atoms with Crippen LogP contribution in [0.15, 0.2) is 18.2 Å². The Bertz CT molecular complexity index is 464. The Hall–Kier alpha value is -1.17. The van der Waals surface area contributed by atoms with Gasteiger partial charge in [0.15, 0.2) is 0 Å². The molecular weight excluding hydrogens is 271 g/mol. The van der Waals surface area contributed by atoms with Crippen molar-refractivity contribution in [3.63, 3.8) is 0 Å². The molecule has 3 rings (SSSR count). The minimum absolute atomic E-state index is 0.195. The molecule has 1 atom stereocenters. The van der Waals surface area contributed by atoms with Crippen molar-refractivity contribution in [2.24, 2.45) is 0 Å². The summed E-state index contributed by atoms with van der Waals surface area (Å²) in [4.78, 5) is 2.43. The normalized spacial score (nSPS) is 22.6. The lowest BCUT2D eigenvalue weighted by Crippen LogP contribution is -2.38. The summed E-state index contributed by atoms with van der Waals surface area (Å²) in [6.07, 6.45) is 2.00. The Balaban J connectivity index is 1.46. The molecule has 0 amide bonds. The van der Waals surface area contributed by atoms with Crippen LogP contribution in [-0.4, -0.2) is 50.9 Å². The van der Waals surface area contributed by atoms with Crippen molar-refractivity contribution in [3.05, 3.63) is 29.6 Å². The summed E-state index contributed by atoms with van der Waals surface area (Å²) >= 11 is 0. The minimum Gasteiger partial charge on any atom is -0.493 e. The summed E-state index contributed by atoms with van der Waals surface area (Å²) in [7, 11) is 0. The number of hydrogen-bond donors (Lipinski definition) is 1. The molecule has 0 saturated carbocycles. The highest BCUT2D eigenvalue weighted by atomic mass is 19.1. The van der Waals surface area contributed by atoms with E-state index in [1.807, 2.05) is 0 Å². The number of halogens is 1. The van der Waals surface area contributed by atoms with Crippen molar-refractivity contribution in [2.75, 3.05) is 46.0 Å². The second-order valence-corrected chi connectivity index (χ2v) is 5.63. The van der Waals surface area contributed by atoms with Gasteiger partial charge in [-0.2, -0.15) is 0 Å². The highest BCUT2D eigenvalue weighted by Crippen LogP contribution is 2.32. The van der Waals surface area contributed by atoms with Crippen LogP contribution in [0.1, 0.15) is 24.4 Å². The van der Waals surface area contributed by atoms with Crippen LogP contribution in [0.25, 0.3) is 0 Å². The van der Waals surface area contributed by atoms with Crippen molar-refractivity contribution in [3.8, 4) is 5.75 Å². The standard InChI is InChI=1S/C16H23FN2O2/c17-13-2-3-16-14(12-13)15(4-9-21-16)18-5-1-6-19-7-10-20-11-8-19/h2-3,12,15,18H,1,4-11H2. The molecule has 5 heteroatoms. The van der Waals surface area contributed by atoms with E-state index in [2.05, 4.69) is 10.2 Å². The SMILES string of the molecule is Fc1ccc2c(c1)C(NCCCN1CCOCC1)CCO2. The topological polar surface area (TPSA) is 33.7 Å². The lowest BCUT2D eigenvalue weighted by atomic mass is 10.0. The lowest BCUT2D eigenvalue weighted by molar-refractivity contribution is 0.0373. The van der Waals surface area contributed by atoms with E-state index in [1.54, 1.807) is 12.1 Å². The molecule has 2 heterocycles. The number of rotatable bonds is 5. The van der Waals surface area contributed by atoms with E-state index in [9.17, 15) is 4.39 Å². The summed E-state index contributed by atoms with van der Waals surface area (Å²) in [5.74, 6) is 0.618. The molecule has 2 aliphatic rings. The zero-order chi connectivity index (χ0) is 14.5. The summed E-state index contributed by atoms with van der Waals surface area (Å²) < 4.78 is 24.3. The smallest absolute Gasteiger partial charge is 0.124 e. The minimum atomic E-state index is -0.195. The van der Waals surface area contributed by atoms with E-state index in [0.29, 0.717) is 6.61 Å². The van der Waals surface area contributed by atoms with Gasteiger partial charge in [-0.3, -0.25) is 4.90 Å². The number of nitrogens with one attached hydrogen (secondary N) is 1. The molecule has 0 radical (unpaired) electrons. The van der Waals surface area contributed by atoms with Gasteiger partial charge in [0.2, 0.25) is 0 Å². The Morgan fingerprint density at radius 2 is 2.10 bits per heavy atom. The van der Waals surface area contributed by atoms with Gasteiger partial charge in [-0.05, 0) is 37.7 Å². The monoisotopic (exact) mass is 294 g/mol. The average molecular weight is 294 g/mol. The van der Waals surface area contributed by atoms with Gasteiger partial charge in [0.1, 0.15) is 11.6 Å². The van der Waals surface area contributed by atoms with Crippen LogP contribution >= 0.6 is 0 Å². The highest BCUT2D eigenvalue weighted by Gasteiger charge is 2.21. The number of nitrogens with zero attached hydrogens (tertiary/aromatic N) is 1. The molecule has 1 aromatic rings. The predicted molar refractivity (Wildman–Crippen MR) is 79.1 cm³/mol. The Morgan fingerprint density at radius 1 is 1.24 bits per heavy atom. The first-order chi connectivity index (χ1) is 10.3. The Morgan fingerprint density at radius 3 is 2.95 bits per heavy atom. The molecular formula is C16H23FN2O2. The predicted octanol–water partition coefficient (Wildman–Crippen LogP) is 1.96. The molecule has 21 heavy (non-hydrogen) atoms. The molecule has 0 aromatic heterocycles. The highest BCUT2D eigenvalue weighted by molar-refractivity contribution is 5.37. The third-order valence-corrected chi connectivity index (χ3v) is 4.16. The molecule has 1 N–H and O–H groups in total. The fourth-order valence-electron chi connectivity index (χ4n) is 2.98. The maximum absolute atomic E-state index is 13.4. The van der Waals surface area contributed by atoms with Gasteiger partial charge >= 0.3 is 0 Å². The molecule has 4 nitrogen and oxygen atoms in total. The molecule has 1 unspecified atom stereocenters. The summed E-state index contributed by atoms with van der Waals surface area (Å²) in [6.45, 7) is 6.49. The van der Waals surface area contributed by atoms with Crippen molar-refractivity contribution in [1.82, 2.24) is 10.2 Å². The summed E-state index contributed by atoms with van der Waals surface area (Å²) in [5, 5.41) is 3.54. The maximum atomic E-state index is 13.4. The van der Waals surface area contributed by atoms with Crippen LogP contribution in [-0.2, 0) is 4.74 Å². The van der Waals surface area contributed by atoms with Crippen molar-refractivity contribution >= 4 is 0 Å². The second-order valence-electron chi connectivity index (χ2n) is 5.63. The van der Waals surface area contributed by atoms with Gasteiger partial charge in [0.25, 0.3) is 0 Å². The van der Waals surface area contributed by atoms with E-state index in [4.69, 9.17) is 9.47 Å². The van der Waals surface area contributed by atoms with Gasteiger partial charge in [-0.25, -0.2) is 4.39 Å². The largest absolute Gasteiger partial charge is 0.493 e. The van der Waals surface area contributed by atoms with Gasteiger partial charge in [0.05, 0.1) is 19.8 Å². The van der Waals surface area contributed by atoms with E-state index >= 15 is 0 Å². The van der Waals surface area contributed by atoms with Crippen LogP contribution in [0.5, 0.6) is 5.75 Å². The summed E-state index contributed by atoms with van der Waals surface area (Å²) in [5.41, 5.74) is 0.952. The van der Waals surface area contributed by atoms with E-state index in [0.717, 1.165) is 63.5 Å². The van der Waals surface area contributed by atoms with Crippen molar-refractivity contribution in [2.45, 2.75) is 18.9 Å². The first-order valence-electron chi connectivity index (χ1n) is 7.79. The first-order valence-corrected chi connectivity index (χ1v) is 7.79. The van der Waals surface area contributed by atoms with Crippen molar-refractivity contribution in [1.29, 1.82) is 0 Å². The Kier molecular flexibility index (Phi) is 5.06. The van der Waals surface area contributed by atoms with Crippen LogP contribution < -0.4 is 10.1 Å². The van der Waals surface area contributed by atoms with Crippen LogP contribution in [0.3, 0.4) is 0 Å². The third-order valence-electron chi connectivity index (χ3n) is 4.16. The number of benzene rings is 1. The van der Waals surface area contributed by atoms with Gasteiger partial charge < -0.3 is 14.8 Å². The molecule has 1 fully saturated rings. The molecule has 2 aliphatic heterocycles. The molecule has 0 bridgehead atoms. The molecule has 0 spiro atoms. The molecule has 1 aromatic carbocycles. The zero-order valence-corrected chi connectivity index (χ0v) is 12.3. The molecule has 116 valence electrons. The average Bonchev–Trinajstić information content (AvgIpc) is 2.53. The lowest BCUT2D eigenvalue weighted by Gasteiger charge is -2.28. The van der Waals surface area contributed by atoms with Gasteiger partial charge in [-0.1, -0.05) is 0 Å². The fraction of sp³-hybridized carbons (Fsp3) is 0.625. The van der Waals surface area contributed by atoms with Crippen molar-refractivity contribution < 1.29 is 13.9 Å². The number of fused-ring (bicyclic) bond motifs is 1. The number of ether oxygens (including phenoxy) is 2. The quantitative estimate of drug-likeness (QED) is 0.842. The molecule has 1 saturated heterocycles.